The molecule has 0 radical (unpaired) electrons. The molecule has 1 aromatic rings. The van der Waals surface area contributed by atoms with Gasteiger partial charge in [-0.15, -0.1) is 0 Å². The second-order valence-corrected chi connectivity index (χ2v) is 3.84. The Balaban J connectivity index is 2.55. The number of aryl methyl sites for hydroxylation is 1. The average molecular weight is 236 g/mol. The van der Waals surface area contributed by atoms with Crippen molar-refractivity contribution in [2.75, 3.05) is 20.2 Å². The smallest absolute Gasteiger partial charge is 0.234 e. The highest BCUT2D eigenvalue weighted by atomic mass is 16.5. The summed E-state index contributed by atoms with van der Waals surface area (Å²) in [6, 6.07) is 5.95. The highest BCUT2D eigenvalue weighted by Crippen LogP contribution is 2.18. The second kappa shape index (κ2) is 6.91. The van der Waals surface area contributed by atoms with Crippen LogP contribution in [-0.2, 0) is 11.3 Å². The lowest BCUT2D eigenvalue weighted by atomic mass is 10.1. The number of carbonyl (C=O) groups excluding carboxylic acids is 1. The Morgan fingerprint density at radius 1 is 1.41 bits per heavy atom. The first-order valence-electron chi connectivity index (χ1n) is 5.81. The first kappa shape index (κ1) is 13.5. The Morgan fingerprint density at radius 3 is 2.76 bits per heavy atom. The molecule has 0 unspecified atom stereocenters. The molecule has 0 atom stereocenters. The number of nitrogens with one attached hydrogen (secondary N) is 2. The summed E-state index contributed by atoms with van der Waals surface area (Å²) in [4.78, 5) is 11.3. The van der Waals surface area contributed by atoms with Crippen LogP contribution in [0.4, 0.5) is 0 Å². The van der Waals surface area contributed by atoms with Gasteiger partial charge in [0, 0.05) is 6.54 Å². The lowest BCUT2D eigenvalue weighted by Gasteiger charge is -2.10. The fourth-order valence-electron chi connectivity index (χ4n) is 1.56. The first-order valence-corrected chi connectivity index (χ1v) is 5.81. The molecule has 0 spiro atoms. The van der Waals surface area contributed by atoms with E-state index < -0.39 is 0 Å². The van der Waals surface area contributed by atoms with E-state index in [1.807, 2.05) is 32.0 Å². The molecule has 0 aliphatic carbocycles. The summed E-state index contributed by atoms with van der Waals surface area (Å²) in [7, 11) is 1.75. The van der Waals surface area contributed by atoms with Crippen molar-refractivity contribution >= 4 is 5.91 Å². The fourth-order valence-corrected chi connectivity index (χ4v) is 1.56. The van der Waals surface area contributed by atoms with Gasteiger partial charge in [0.15, 0.2) is 0 Å². The Hall–Kier alpha value is -1.55. The molecule has 0 aromatic heterocycles. The van der Waals surface area contributed by atoms with E-state index in [1.165, 1.54) is 0 Å². The summed E-state index contributed by atoms with van der Waals surface area (Å²) in [6.07, 6.45) is 0. The highest BCUT2D eigenvalue weighted by Gasteiger charge is 2.02. The largest absolute Gasteiger partial charge is 0.494 e. The van der Waals surface area contributed by atoms with Gasteiger partial charge in [-0.3, -0.25) is 4.79 Å². The standard InChI is InChI=1S/C13H20N2O2/c1-4-17-12-6-5-11(7-10(12)2)8-15-13(16)9-14-3/h5-7,14H,4,8-9H2,1-3H3,(H,15,16). The van der Waals surface area contributed by atoms with Gasteiger partial charge in [-0.2, -0.15) is 0 Å². The number of rotatable bonds is 6. The zero-order valence-electron chi connectivity index (χ0n) is 10.7. The van der Waals surface area contributed by atoms with Crippen molar-refractivity contribution in [2.45, 2.75) is 20.4 Å². The van der Waals surface area contributed by atoms with Gasteiger partial charge in [0.05, 0.1) is 13.2 Å². The summed E-state index contributed by atoms with van der Waals surface area (Å²) in [5.74, 6) is 0.900. The Bertz CT molecular complexity index is 378. The van der Waals surface area contributed by atoms with Gasteiger partial charge in [0.2, 0.25) is 5.91 Å². The summed E-state index contributed by atoms with van der Waals surface area (Å²) < 4.78 is 5.46. The predicted molar refractivity (Wildman–Crippen MR) is 68.1 cm³/mol. The number of ether oxygens (including phenoxy) is 1. The van der Waals surface area contributed by atoms with Crippen molar-refractivity contribution in [1.82, 2.24) is 10.6 Å². The highest BCUT2D eigenvalue weighted by molar-refractivity contribution is 5.77. The zero-order valence-corrected chi connectivity index (χ0v) is 10.7. The monoisotopic (exact) mass is 236 g/mol. The molecule has 1 rings (SSSR count). The van der Waals surface area contributed by atoms with Crippen LogP contribution in [-0.4, -0.2) is 26.1 Å². The van der Waals surface area contributed by atoms with Crippen LogP contribution < -0.4 is 15.4 Å². The van der Waals surface area contributed by atoms with Gasteiger partial charge in [0.1, 0.15) is 5.75 Å². The molecule has 17 heavy (non-hydrogen) atoms. The number of hydrogen-bond donors (Lipinski definition) is 2. The lowest BCUT2D eigenvalue weighted by molar-refractivity contribution is -0.120. The predicted octanol–water partition coefficient (Wildman–Crippen LogP) is 1.23. The van der Waals surface area contributed by atoms with Gasteiger partial charge >= 0.3 is 0 Å². The third-order valence-electron chi connectivity index (χ3n) is 2.37. The molecular weight excluding hydrogens is 216 g/mol. The second-order valence-electron chi connectivity index (χ2n) is 3.84. The third-order valence-corrected chi connectivity index (χ3v) is 2.37. The summed E-state index contributed by atoms with van der Waals surface area (Å²) in [5.41, 5.74) is 2.17. The Morgan fingerprint density at radius 2 is 2.18 bits per heavy atom. The van der Waals surface area contributed by atoms with Crippen LogP contribution in [0.5, 0.6) is 5.75 Å². The number of carbonyl (C=O) groups is 1. The number of benzene rings is 1. The van der Waals surface area contributed by atoms with Crippen LogP contribution in [0.3, 0.4) is 0 Å². The van der Waals surface area contributed by atoms with Crippen LogP contribution in [0.15, 0.2) is 18.2 Å². The SMILES string of the molecule is CCOc1ccc(CNC(=O)CNC)cc1C. The molecule has 4 nitrogen and oxygen atoms in total. The molecule has 0 saturated carbocycles. The first-order chi connectivity index (χ1) is 8.17. The molecule has 1 amide bonds. The fraction of sp³-hybridized carbons (Fsp3) is 0.462. The summed E-state index contributed by atoms with van der Waals surface area (Å²) in [6.45, 7) is 5.53. The number of amides is 1. The number of likely N-dealkylation sites (N-methyl/N-ethyl adjacent to an activating group) is 1. The van der Waals surface area contributed by atoms with Gasteiger partial charge in [-0.05, 0) is 38.1 Å². The van der Waals surface area contributed by atoms with E-state index in [2.05, 4.69) is 10.6 Å². The molecule has 0 aliphatic rings. The van der Waals surface area contributed by atoms with Crippen molar-refractivity contribution < 1.29 is 9.53 Å². The molecule has 0 aliphatic heterocycles. The van der Waals surface area contributed by atoms with Crippen LogP contribution in [0.2, 0.25) is 0 Å². The topological polar surface area (TPSA) is 50.4 Å². The van der Waals surface area contributed by atoms with Gasteiger partial charge in [-0.25, -0.2) is 0 Å². The zero-order chi connectivity index (χ0) is 12.7. The Labute approximate surface area is 102 Å². The maximum atomic E-state index is 11.3. The van der Waals surface area contributed by atoms with Crippen LogP contribution in [0, 0.1) is 6.92 Å². The molecule has 0 saturated heterocycles. The molecule has 0 heterocycles. The maximum absolute atomic E-state index is 11.3. The Kier molecular flexibility index (Phi) is 5.49. The van der Waals surface area contributed by atoms with Crippen molar-refractivity contribution in [3.63, 3.8) is 0 Å². The molecule has 4 heteroatoms. The van der Waals surface area contributed by atoms with Crippen LogP contribution >= 0.6 is 0 Å². The van der Waals surface area contributed by atoms with Gasteiger partial charge < -0.3 is 15.4 Å². The van der Waals surface area contributed by atoms with E-state index in [0.29, 0.717) is 19.7 Å². The minimum Gasteiger partial charge on any atom is -0.494 e. The van der Waals surface area contributed by atoms with E-state index >= 15 is 0 Å². The maximum Gasteiger partial charge on any atom is 0.234 e. The summed E-state index contributed by atoms with van der Waals surface area (Å²) in [5, 5.41) is 5.65. The lowest BCUT2D eigenvalue weighted by Crippen LogP contribution is -2.31. The van der Waals surface area contributed by atoms with Gasteiger partial charge in [0.25, 0.3) is 0 Å². The van der Waals surface area contributed by atoms with E-state index in [4.69, 9.17) is 4.74 Å². The molecule has 0 bridgehead atoms. The normalized spacial score (nSPS) is 10.1. The van der Waals surface area contributed by atoms with E-state index in [1.54, 1.807) is 7.05 Å². The van der Waals surface area contributed by atoms with Gasteiger partial charge in [-0.1, -0.05) is 12.1 Å². The average Bonchev–Trinajstić information content (AvgIpc) is 2.30. The molecular formula is C13H20N2O2. The quantitative estimate of drug-likeness (QED) is 0.781. The minimum absolute atomic E-state index is 0.000891. The summed E-state index contributed by atoms with van der Waals surface area (Å²) >= 11 is 0. The van der Waals surface area contributed by atoms with E-state index in [0.717, 1.165) is 16.9 Å². The van der Waals surface area contributed by atoms with Crippen molar-refractivity contribution in [1.29, 1.82) is 0 Å². The van der Waals surface area contributed by atoms with Crippen LogP contribution in [0.1, 0.15) is 18.1 Å². The third kappa shape index (κ3) is 4.44. The van der Waals surface area contributed by atoms with Crippen molar-refractivity contribution in [2.24, 2.45) is 0 Å². The number of hydrogen-bond acceptors (Lipinski definition) is 3. The molecule has 2 N–H and O–H groups in total. The molecule has 0 fully saturated rings. The van der Waals surface area contributed by atoms with Crippen molar-refractivity contribution in [3.8, 4) is 5.75 Å². The minimum atomic E-state index is -0.000891. The molecule has 94 valence electrons. The molecule has 1 aromatic carbocycles. The van der Waals surface area contributed by atoms with Crippen LogP contribution in [0.25, 0.3) is 0 Å². The van der Waals surface area contributed by atoms with E-state index in [-0.39, 0.29) is 5.91 Å². The van der Waals surface area contributed by atoms with E-state index in [9.17, 15) is 4.79 Å². The van der Waals surface area contributed by atoms with Crippen molar-refractivity contribution in [3.05, 3.63) is 29.3 Å².